The van der Waals surface area contributed by atoms with Gasteiger partial charge in [-0.3, -0.25) is 0 Å². The van der Waals surface area contributed by atoms with Gasteiger partial charge in [0.05, 0.1) is 3.57 Å². The number of rotatable bonds is 2. The topological polar surface area (TPSA) is 9.23 Å². The van der Waals surface area contributed by atoms with Crippen LogP contribution in [0.4, 0.5) is 13.2 Å². The third-order valence-corrected chi connectivity index (χ3v) is 1.94. The first-order valence-electron chi connectivity index (χ1n) is 2.99. The molecular weight excluding hydrogens is 284 g/mol. The first-order valence-corrected chi connectivity index (χ1v) is 4.07. The lowest BCUT2D eigenvalue weighted by molar-refractivity contribution is -0.0499. The summed E-state index contributed by atoms with van der Waals surface area (Å²) in [5.74, 6) is -0.479. The molecule has 0 aromatic heterocycles. The lowest BCUT2D eigenvalue weighted by Crippen LogP contribution is -2.02. The molecule has 0 radical (unpaired) electrons. The van der Waals surface area contributed by atoms with Crippen LogP contribution in [0.2, 0.25) is 0 Å². The Labute approximate surface area is 80.7 Å². The summed E-state index contributed by atoms with van der Waals surface area (Å²) in [5, 5.41) is 0. The predicted molar refractivity (Wildman–Crippen MR) is 45.7 cm³/mol. The standard InChI is InChI=1S/C7H4F3IO/c8-5-2-1-4(3-6(5)11)12-7(9)10/h1-3,7H. The summed E-state index contributed by atoms with van der Waals surface area (Å²) in [7, 11) is 0. The zero-order chi connectivity index (χ0) is 9.14. The summed E-state index contributed by atoms with van der Waals surface area (Å²) < 4.78 is 40.2. The van der Waals surface area contributed by atoms with E-state index in [2.05, 4.69) is 4.74 Å². The van der Waals surface area contributed by atoms with Gasteiger partial charge < -0.3 is 4.74 Å². The van der Waals surface area contributed by atoms with Gasteiger partial charge in [-0.25, -0.2) is 4.39 Å². The van der Waals surface area contributed by atoms with E-state index in [1.165, 1.54) is 6.07 Å². The number of alkyl halides is 2. The minimum atomic E-state index is -2.87. The average Bonchev–Trinajstić information content (AvgIpc) is 1.96. The molecule has 0 spiro atoms. The Morgan fingerprint density at radius 2 is 2.00 bits per heavy atom. The van der Waals surface area contributed by atoms with Crippen LogP contribution in [0.5, 0.6) is 5.75 Å². The fourth-order valence-corrected chi connectivity index (χ4v) is 1.14. The van der Waals surface area contributed by atoms with E-state index in [-0.39, 0.29) is 9.32 Å². The van der Waals surface area contributed by atoms with Crippen LogP contribution in [-0.4, -0.2) is 6.61 Å². The maximum Gasteiger partial charge on any atom is 0.387 e. The second kappa shape index (κ2) is 3.97. The normalized spacial score (nSPS) is 10.4. The van der Waals surface area contributed by atoms with Crippen molar-refractivity contribution in [2.24, 2.45) is 0 Å². The van der Waals surface area contributed by atoms with Crippen molar-refractivity contribution in [3.63, 3.8) is 0 Å². The van der Waals surface area contributed by atoms with E-state index in [1.54, 1.807) is 22.6 Å². The maximum absolute atomic E-state index is 12.6. The highest BCUT2D eigenvalue weighted by Gasteiger charge is 2.06. The molecule has 0 atom stereocenters. The van der Waals surface area contributed by atoms with Gasteiger partial charge in [-0.05, 0) is 40.8 Å². The van der Waals surface area contributed by atoms with E-state index in [1.807, 2.05) is 0 Å². The number of halogens is 4. The van der Waals surface area contributed by atoms with Crippen molar-refractivity contribution in [2.75, 3.05) is 0 Å². The first kappa shape index (κ1) is 9.63. The number of hydrogen-bond donors (Lipinski definition) is 0. The van der Waals surface area contributed by atoms with Crippen LogP contribution < -0.4 is 4.74 Å². The van der Waals surface area contributed by atoms with Gasteiger partial charge in [0.2, 0.25) is 0 Å². The zero-order valence-electron chi connectivity index (χ0n) is 5.73. The molecule has 0 N–H and O–H groups in total. The first-order chi connectivity index (χ1) is 5.59. The maximum atomic E-state index is 12.6. The minimum Gasteiger partial charge on any atom is -0.435 e. The van der Waals surface area contributed by atoms with Crippen LogP contribution in [0.3, 0.4) is 0 Å². The Balaban J connectivity index is 2.82. The van der Waals surface area contributed by atoms with Gasteiger partial charge in [0.1, 0.15) is 11.6 Å². The number of ether oxygens (including phenoxy) is 1. The molecule has 1 aromatic rings. The molecule has 0 amide bonds. The van der Waals surface area contributed by atoms with Crippen LogP contribution in [0.25, 0.3) is 0 Å². The second-order valence-corrected chi connectivity index (χ2v) is 3.12. The lowest BCUT2D eigenvalue weighted by Gasteiger charge is -2.04. The molecule has 12 heavy (non-hydrogen) atoms. The van der Waals surface area contributed by atoms with Crippen LogP contribution in [-0.2, 0) is 0 Å². The molecule has 0 fully saturated rings. The monoisotopic (exact) mass is 288 g/mol. The molecule has 0 saturated carbocycles. The Morgan fingerprint density at radius 3 is 2.50 bits per heavy atom. The molecule has 0 unspecified atom stereocenters. The summed E-state index contributed by atoms with van der Waals surface area (Å²) in [6.45, 7) is -2.87. The van der Waals surface area contributed by atoms with Crippen LogP contribution in [0.15, 0.2) is 18.2 Å². The second-order valence-electron chi connectivity index (χ2n) is 1.95. The molecule has 0 aliphatic rings. The highest BCUT2D eigenvalue weighted by atomic mass is 127. The molecule has 1 rings (SSSR count). The van der Waals surface area contributed by atoms with Gasteiger partial charge in [0.25, 0.3) is 0 Å². The fourth-order valence-electron chi connectivity index (χ4n) is 0.653. The molecule has 0 aliphatic heterocycles. The zero-order valence-corrected chi connectivity index (χ0v) is 7.89. The fraction of sp³-hybridized carbons (Fsp3) is 0.143. The van der Waals surface area contributed by atoms with Crippen LogP contribution in [0, 0.1) is 9.39 Å². The smallest absolute Gasteiger partial charge is 0.387 e. The van der Waals surface area contributed by atoms with E-state index in [0.29, 0.717) is 0 Å². The average molecular weight is 288 g/mol. The van der Waals surface area contributed by atoms with E-state index in [9.17, 15) is 13.2 Å². The molecule has 5 heteroatoms. The summed E-state index contributed by atoms with van der Waals surface area (Å²) in [4.78, 5) is 0. The van der Waals surface area contributed by atoms with Gasteiger partial charge in [0, 0.05) is 0 Å². The van der Waals surface area contributed by atoms with E-state index >= 15 is 0 Å². The van der Waals surface area contributed by atoms with Gasteiger partial charge in [-0.15, -0.1) is 0 Å². The van der Waals surface area contributed by atoms with Crippen molar-refractivity contribution in [3.05, 3.63) is 27.6 Å². The molecule has 0 heterocycles. The minimum absolute atomic E-state index is 0.0317. The quantitative estimate of drug-likeness (QED) is 0.760. The van der Waals surface area contributed by atoms with Crippen molar-refractivity contribution in [1.82, 2.24) is 0 Å². The van der Waals surface area contributed by atoms with E-state index in [0.717, 1.165) is 12.1 Å². The van der Waals surface area contributed by atoms with Crippen molar-refractivity contribution in [1.29, 1.82) is 0 Å². The summed E-state index contributed by atoms with van der Waals surface area (Å²) in [6, 6.07) is 3.45. The highest BCUT2D eigenvalue weighted by Crippen LogP contribution is 2.19. The Hall–Kier alpha value is -0.460. The van der Waals surface area contributed by atoms with Gasteiger partial charge >= 0.3 is 6.61 Å². The molecule has 66 valence electrons. The summed E-state index contributed by atoms with van der Waals surface area (Å²) in [6.07, 6.45) is 0. The molecular formula is C7H4F3IO. The van der Waals surface area contributed by atoms with Crippen LogP contribution in [0.1, 0.15) is 0 Å². The number of benzene rings is 1. The van der Waals surface area contributed by atoms with Gasteiger partial charge in [-0.2, -0.15) is 8.78 Å². The third-order valence-electron chi connectivity index (χ3n) is 1.12. The van der Waals surface area contributed by atoms with Crippen LogP contribution >= 0.6 is 22.6 Å². The molecule has 0 saturated heterocycles. The van der Waals surface area contributed by atoms with Gasteiger partial charge in [0.15, 0.2) is 0 Å². The SMILES string of the molecule is Fc1ccc(OC(F)F)cc1I. The van der Waals surface area contributed by atoms with Gasteiger partial charge in [-0.1, -0.05) is 0 Å². The van der Waals surface area contributed by atoms with E-state index in [4.69, 9.17) is 0 Å². The highest BCUT2D eigenvalue weighted by molar-refractivity contribution is 14.1. The molecule has 0 bridgehead atoms. The van der Waals surface area contributed by atoms with Crippen molar-refractivity contribution < 1.29 is 17.9 Å². The lowest BCUT2D eigenvalue weighted by atomic mass is 10.3. The predicted octanol–water partition coefficient (Wildman–Crippen LogP) is 3.03. The number of hydrogen-bond acceptors (Lipinski definition) is 1. The molecule has 0 aliphatic carbocycles. The Bertz CT molecular complexity index is 277. The van der Waals surface area contributed by atoms with Crippen molar-refractivity contribution in [3.8, 4) is 5.75 Å². The molecule has 1 nitrogen and oxygen atoms in total. The van der Waals surface area contributed by atoms with Crippen molar-refractivity contribution in [2.45, 2.75) is 6.61 Å². The third kappa shape index (κ3) is 2.54. The molecule has 1 aromatic carbocycles. The summed E-state index contributed by atoms with van der Waals surface area (Å²) in [5.41, 5.74) is 0. The largest absolute Gasteiger partial charge is 0.435 e. The Morgan fingerprint density at radius 1 is 1.33 bits per heavy atom. The summed E-state index contributed by atoms with van der Waals surface area (Å²) >= 11 is 1.70. The van der Waals surface area contributed by atoms with E-state index < -0.39 is 12.4 Å². The van der Waals surface area contributed by atoms with Crippen molar-refractivity contribution >= 4 is 22.6 Å². The Kier molecular flexibility index (Phi) is 3.19.